The molecule has 0 spiro atoms. The van der Waals surface area contributed by atoms with E-state index >= 15 is 0 Å². The number of fused-ring (bicyclic) bond motifs is 3. The molecule has 0 saturated heterocycles. The van der Waals surface area contributed by atoms with Crippen molar-refractivity contribution in [1.29, 1.82) is 0 Å². The first-order valence-electron chi connectivity index (χ1n) is 8.57. The highest BCUT2D eigenvalue weighted by molar-refractivity contribution is 6.15. The molecule has 1 aromatic heterocycles. The lowest BCUT2D eigenvalue weighted by Gasteiger charge is -2.41. The van der Waals surface area contributed by atoms with Crippen LogP contribution in [-0.2, 0) is 32.2 Å². The summed E-state index contributed by atoms with van der Waals surface area (Å²) in [6.07, 6.45) is 4.36. The van der Waals surface area contributed by atoms with Crippen molar-refractivity contribution < 1.29 is 14.3 Å². The lowest BCUT2D eigenvalue weighted by atomic mass is 9.60. The first-order chi connectivity index (χ1) is 11.4. The number of benzene rings is 1. The number of carbonyl (C=O) groups is 2. The zero-order valence-electron chi connectivity index (χ0n) is 14.7. The van der Waals surface area contributed by atoms with Crippen LogP contribution in [0, 0.1) is 5.92 Å². The Bertz CT molecular complexity index is 876. The summed E-state index contributed by atoms with van der Waals surface area (Å²) in [5.41, 5.74) is 1.62. The van der Waals surface area contributed by atoms with Crippen LogP contribution in [0.25, 0.3) is 10.9 Å². The summed E-state index contributed by atoms with van der Waals surface area (Å²) in [7, 11) is 3.41. The molecule has 1 saturated carbocycles. The van der Waals surface area contributed by atoms with Crippen LogP contribution in [0.4, 0.5) is 0 Å². The lowest BCUT2D eigenvalue weighted by Crippen LogP contribution is -2.52. The van der Waals surface area contributed by atoms with E-state index in [9.17, 15) is 9.59 Å². The summed E-state index contributed by atoms with van der Waals surface area (Å²) < 4.78 is 7.25. The van der Waals surface area contributed by atoms with Gasteiger partial charge in [-0.25, -0.2) is 0 Å². The minimum Gasteiger partial charge on any atom is -0.468 e. The van der Waals surface area contributed by atoms with Gasteiger partial charge in [-0.15, -0.1) is 0 Å². The Labute approximate surface area is 141 Å². The van der Waals surface area contributed by atoms with Crippen LogP contribution in [-0.4, -0.2) is 23.4 Å². The second-order valence-corrected chi connectivity index (χ2v) is 7.78. The summed E-state index contributed by atoms with van der Waals surface area (Å²) >= 11 is 0. The van der Waals surface area contributed by atoms with E-state index in [0.29, 0.717) is 6.42 Å². The highest BCUT2D eigenvalue weighted by Gasteiger charge is 2.59. The van der Waals surface area contributed by atoms with Crippen molar-refractivity contribution in [2.45, 2.75) is 43.9 Å². The zero-order chi connectivity index (χ0) is 17.3. The molecule has 4 rings (SSSR count). The van der Waals surface area contributed by atoms with Crippen LogP contribution in [0.2, 0.25) is 0 Å². The smallest absolute Gasteiger partial charge is 0.323 e. The van der Waals surface area contributed by atoms with Crippen LogP contribution in [0.15, 0.2) is 24.4 Å². The van der Waals surface area contributed by atoms with E-state index in [4.69, 9.17) is 4.74 Å². The Balaban J connectivity index is 2.20. The van der Waals surface area contributed by atoms with Crippen molar-refractivity contribution in [2.75, 3.05) is 7.11 Å². The quantitative estimate of drug-likeness (QED) is 0.597. The lowest BCUT2D eigenvalue weighted by molar-refractivity contribution is -0.156. The normalized spacial score (nSPS) is 27.8. The highest BCUT2D eigenvalue weighted by Crippen LogP contribution is 2.53. The molecule has 24 heavy (non-hydrogen) atoms. The van der Waals surface area contributed by atoms with Crippen molar-refractivity contribution in [2.24, 2.45) is 13.0 Å². The van der Waals surface area contributed by atoms with E-state index in [1.807, 2.05) is 19.2 Å². The van der Waals surface area contributed by atoms with Gasteiger partial charge in [-0.3, -0.25) is 9.59 Å². The fourth-order valence-corrected chi connectivity index (χ4v) is 5.04. The first-order valence-corrected chi connectivity index (χ1v) is 8.57. The number of hydrogen-bond donors (Lipinski definition) is 0. The van der Waals surface area contributed by atoms with Gasteiger partial charge in [0.05, 0.1) is 7.11 Å². The molecule has 2 aromatic rings. The molecule has 2 atom stereocenters. The molecule has 0 amide bonds. The van der Waals surface area contributed by atoms with Gasteiger partial charge in [-0.05, 0) is 30.0 Å². The van der Waals surface area contributed by atoms with Gasteiger partial charge in [0.2, 0.25) is 0 Å². The van der Waals surface area contributed by atoms with Gasteiger partial charge in [0, 0.05) is 35.5 Å². The summed E-state index contributed by atoms with van der Waals surface area (Å²) in [5.74, 6) is -0.530. The van der Waals surface area contributed by atoms with Gasteiger partial charge in [-0.2, -0.15) is 0 Å². The fourth-order valence-electron chi connectivity index (χ4n) is 5.04. The number of hydrogen-bond acceptors (Lipinski definition) is 3. The van der Waals surface area contributed by atoms with Crippen molar-refractivity contribution in [3.05, 3.63) is 35.5 Å². The maximum atomic E-state index is 13.5. The van der Waals surface area contributed by atoms with E-state index in [0.717, 1.165) is 29.3 Å². The van der Waals surface area contributed by atoms with Crippen molar-refractivity contribution in [3.8, 4) is 0 Å². The molecule has 2 aliphatic carbocycles. The predicted molar refractivity (Wildman–Crippen MR) is 92.0 cm³/mol. The maximum absolute atomic E-state index is 13.5. The topological polar surface area (TPSA) is 48.3 Å². The minimum absolute atomic E-state index is 0.0388. The van der Waals surface area contributed by atoms with Crippen LogP contribution in [0.1, 0.15) is 44.2 Å². The molecular weight excluding hydrogens is 302 g/mol. The largest absolute Gasteiger partial charge is 0.468 e. The molecule has 2 bridgehead atoms. The van der Waals surface area contributed by atoms with Crippen LogP contribution in [0.3, 0.4) is 0 Å². The third-order valence-electron chi connectivity index (χ3n) is 6.36. The minimum atomic E-state index is -1.15. The van der Waals surface area contributed by atoms with E-state index < -0.39 is 11.4 Å². The number of esters is 1. The Morgan fingerprint density at radius 1 is 1.29 bits per heavy atom. The molecule has 2 aliphatic rings. The number of aryl methyl sites for hydroxylation is 1. The number of methoxy groups -OCH3 is 1. The second-order valence-electron chi connectivity index (χ2n) is 7.78. The Kier molecular flexibility index (Phi) is 3.03. The molecule has 4 nitrogen and oxygen atoms in total. The molecule has 0 aliphatic heterocycles. The van der Waals surface area contributed by atoms with Crippen LogP contribution >= 0.6 is 0 Å². The maximum Gasteiger partial charge on any atom is 0.323 e. The number of rotatable bonds is 1. The van der Waals surface area contributed by atoms with Gasteiger partial charge >= 0.3 is 5.97 Å². The van der Waals surface area contributed by atoms with Crippen molar-refractivity contribution in [1.82, 2.24) is 4.57 Å². The van der Waals surface area contributed by atoms with E-state index in [-0.39, 0.29) is 17.1 Å². The van der Waals surface area contributed by atoms with E-state index in [1.54, 1.807) is 0 Å². The van der Waals surface area contributed by atoms with Crippen molar-refractivity contribution in [3.63, 3.8) is 0 Å². The average Bonchev–Trinajstić information content (AvgIpc) is 2.91. The summed E-state index contributed by atoms with van der Waals surface area (Å²) in [6.45, 7) is 4.28. The Morgan fingerprint density at radius 2 is 2.04 bits per heavy atom. The highest BCUT2D eigenvalue weighted by atomic mass is 16.5. The summed E-state index contributed by atoms with van der Waals surface area (Å²) in [4.78, 5) is 26.4. The SMILES string of the molecule is COC(=O)C12CCCC(C1=O)C(C)(C)c1cn(C)c3cccc2c13. The molecule has 0 N–H and O–H groups in total. The second kappa shape index (κ2) is 4.71. The van der Waals surface area contributed by atoms with E-state index in [1.165, 1.54) is 12.7 Å². The monoisotopic (exact) mass is 325 g/mol. The number of carbonyl (C=O) groups excluding carboxylic acids is 2. The number of aromatic nitrogens is 1. The van der Waals surface area contributed by atoms with Gasteiger partial charge < -0.3 is 9.30 Å². The molecule has 2 unspecified atom stereocenters. The van der Waals surface area contributed by atoms with Gasteiger partial charge in [0.1, 0.15) is 0 Å². The summed E-state index contributed by atoms with van der Waals surface area (Å²) in [5, 5.41) is 1.06. The zero-order valence-corrected chi connectivity index (χ0v) is 14.7. The number of nitrogens with zero attached hydrogens (tertiary/aromatic N) is 1. The molecular formula is C20H23NO3. The molecule has 1 fully saturated rings. The molecule has 126 valence electrons. The van der Waals surface area contributed by atoms with Crippen LogP contribution in [0.5, 0.6) is 0 Å². The van der Waals surface area contributed by atoms with E-state index in [2.05, 4.69) is 30.7 Å². The van der Waals surface area contributed by atoms with Gasteiger partial charge in [-0.1, -0.05) is 32.4 Å². The first kappa shape index (κ1) is 15.4. The van der Waals surface area contributed by atoms with Crippen LogP contribution < -0.4 is 0 Å². The number of Topliss-reactive ketones (excluding diaryl/α,β-unsaturated/α-hetero) is 1. The Hall–Kier alpha value is -2.10. The third-order valence-corrected chi connectivity index (χ3v) is 6.36. The number of ketones is 1. The molecule has 0 radical (unpaired) electrons. The summed E-state index contributed by atoms with van der Waals surface area (Å²) in [6, 6.07) is 5.95. The average molecular weight is 325 g/mol. The van der Waals surface area contributed by atoms with Gasteiger partial charge in [0.15, 0.2) is 11.2 Å². The standard InChI is InChI=1S/C20H23NO3/c1-19(2)13-8-6-10-20(17(13)22,18(23)24-4)12-7-5-9-15-16(12)14(19)11-21(15)3/h5,7,9,11,13H,6,8,10H2,1-4H3. The van der Waals surface area contributed by atoms with Gasteiger partial charge in [0.25, 0.3) is 0 Å². The number of ether oxygens (including phenoxy) is 1. The Morgan fingerprint density at radius 3 is 2.75 bits per heavy atom. The molecule has 1 aromatic carbocycles. The third kappa shape index (κ3) is 1.59. The van der Waals surface area contributed by atoms with Crippen molar-refractivity contribution >= 4 is 22.7 Å². The molecule has 4 heteroatoms. The molecule has 1 heterocycles. The predicted octanol–water partition coefficient (Wildman–Crippen LogP) is 3.25. The fraction of sp³-hybridized carbons (Fsp3) is 0.500.